The summed E-state index contributed by atoms with van der Waals surface area (Å²) >= 11 is 0. The minimum atomic E-state index is -1.94. The fraction of sp³-hybridized carbons (Fsp3) is 0.364. The van der Waals surface area contributed by atoms with Crippen LogP contribution in [0.4, 0.5) is 0 Å². The van der Waals surface area contributed by atoms with Gasteiger partial charge in [0.15, 0.2) is 11.2 Å². The summed E-state index contributed by atoms with van der Waals surface area (Å²) in [4.78, 5) is 23.1. The maximum absolute atomic E-state index is 11.6. The summed E-state index contributed by atoms with van der Waals surface area (Å²) in [6, 6.07) is 16.6. The number of carboxylic acid groups (broad SMARTS) is 2. The molecule has 2 rings (SSSR count). The predicted molar refractivity (Wildman–Crippen MR) is 104 cm³/mol. The molecule has 150 valence electrons. The van der Waals surface area contributed by atoms with E-state index in [2.05, 4.69) is 0 Å². The number of aliphatic carboxylic acids is 2. The van der Waals surface area contributed by atoms with Crippen LogP contribution in [-0.4, -0.2) is 32.4 Å². The summed E-state index contributed by atoms with van der Waals surface area (Å²) in [5.41, 5.74) is -3.20. The van der Waals surface area contributed by atoms with Crippen molar-refractivity contribution in [1.82, 2.24) is 0 Å². The third-order valence-corrected chi connectivity index (χ3v) is 5.04. The average Bonchev–Trinajstić information content (AvgIpc) is 2.71. The van der Waals surface area contributed by atoms with Crippen LogP contribution in [0.3, 0.4) is 0 Å². The molecule has 0 radical (unpaired) electrons. The van der Waals surface area contributed by atoms with Crippen LogP contribution in [0.25, 0.3) is 0 Å². The standard InChI is InChI=1S/C22H26O6/c23-19(24)21(27,17-11-5-3-6-12-17)15-9-1-2-10-16-22(28,20(25)26)18-13-7-4-8-14-18/h3-8,11-14,27-28H,1-2,9-10,15-16H2,(H,23,24)(H,25,26). The molecule has 0 amide bonds. The molecule has 0 aliphatic rings. The SMILES string of the molecule is O=C(O)C(O)(CCCCCCC(O)(C(=O)O)c1ccccc1)c1ccccc1. The second kappa shape index (κ2) is 9.48. The summed E-state index contributed by atoms with van der Waals surface area (Å²) in [6.45, 7) is 0. The van der Waals surface area contributed by atoms with Crippen LogP contribution in [0.15, 0.2) is 60.7 Å². The Morgan fingerprint density at radius 3 is 1.21 bits per heavy atom. The Morgan fingerprint density at radius 1 is 0.607 bits per heavy atom. The molecule has 2 aromatic carbocycles. The van der Waals surface area contributed by atoms with Gasteiger partial charge in [-0.25, -0.2) is 9.59 Å². The lowest BCUT2D eigenvalue weighted by atomic mass is 9.86. The lowest BCUT2D eigenvalue weighted by Crippen LogP contribution is -2.35. The van der Waals surface area contributed by atoms with Crippen LogP contribution in [0.5, 0.6) is 0 Å². The number of hydrogen-bond acceptors (Lipinski definition) is 4. The molecule has 0 aliphatic carbocycles. The maximum atomic E-state index is 11.6. The Bertz CT molecular complexity index is 709. The Labute approximate surface area is 164 Å². The van der Waals surface area contributed by atoms with E-state index < -0.39 is 23.1 Å². The minimum absolute atomic E-state index is 0.0637. The zero-order valence-electron chi connectivity index (χ0n) is 15.6. The molecule has 4 N–H and O–H groups in total. The third-order valence-electron chi connectivity index (χ3n) is 5.04. The minimum Gasteiger partial charge on any atom is -0.479 e. The van der Waals surface area contributed by atoms with Crippen LogP contribution < -0.4 is 0 Å². The van der Waals surface area contributed by atoms with Gasteiger partial charge in [-0.1, -0.05) is 73.5 Å². The van der Waals surface area contributed by atoms with Gasteiger partial charge < -0.3 is 20.4 Å². The van der Waals surface area contributed by atoms with Gasteiger partial charge in [0.25, 0.3) is 0 Å². The highest BCUT2D eigenvalue weighted by Crippen LogP contribution is 2.30. The number of carbonyl (C=O) groups is 2. The molecule has 0 heterocycles. The van der Waals surface area contributed by atoms with E-state index in [9.17, 15) is 30.0 Å². The van der Waals surface area contributed by atoms with Crippen molar-refractivity contribution in [3.8, 4) is 0 Å². The van der Waals surface area contributed by atoms with Crippen LogP contribution in [0, 0.1) is 0 Å². The highest BCUT2D eigenvalue weighted by molar-refractivity contribution is 5.79. The molecule has 2 aromatic rings. The molecule has 2 unspecified atom stereocenters. The van der Waals surface area contributed by atoms with Gasteiger partial charge in [-0.3, -0.25) is 0 Å². The average molecular weight is 386 g/mol. The molecule has 0 aliphatic heterocycles. The highest BCUT2D eigenvalue weighted by atomic mass is 16.4. The monoisotopic (exact) mass is 386 g/mol. The summed E-state index contributed by atoms with van der Waals surface area (Å²) < 4.78 is 0. The number of benzene rings is 2. The van der Waals surface area contributed by atoms with Crippen molar-refractivity contribution < 1.29 is 30.0 Å². The number of aliphatic hydroxyl groups is 2. The lowest BCUT2D eigenvalue weighted by molar-refractivity contribution is -0.161. The van der Waals surface area contributed by atoms with Crippen LogP contribution in [0.2, 0.25) is 0 Å². The van der Waals surface area contributed by atoms with E-state index in [4.69, 9.17) is 0 Å². The molecule has 0 aromatic heterocycles. The van der Waals surface area contributed by atoms with Gasteiger partial charge in [0, 0.05) is 0 Å². The van der Waals surface area contributed by atoms with E-state index in [1.165, 1.54) is 0 Å². The molecule has 6 nitrogen and oxygen atoms in total. The normalized spacial score (nSPS) is 15.4. The molecule has 28 heavy (non-hydrogen) atoms. The van der Waals surface area contributed by atoms with Gasteiger partial charge in [0.05, 0.1) is 0 Å². The molecule has 0 fully saturated rings. The first-order valence-corrected chi connectivity index (χ1v) is 9.33. The summed E-state index contributed by atoms with van der Waals surface area (Å²) in [5.74, 6) is -2.58. The van der Waals surface area contributed by atoms with Crippen molar-refractivity contribution in [3.05, 3.63) is 71.8 Å². The molecule has 6 heteroatoms. The quantitative estimate of drug-likeness (QED) is 0.441. The van der Waals surface area contributed by atoms with Crippen molar-refractivity contribution in [2.24, 2.45) is 0 Å². The number of unbranched alkanes of at least 4 members (excludes halogenated alkanes) is 3. The lowest BCUT2D eigenvalue weighted by Gasteiger charge is -2.25. The molecule has 0 saturated carbocycles. The van der Waals surface area contributed by atoms with E-state index in [0.29, 0.717) is 36.8 Å². The van der Waals surface area contributed by atoms with Crippen molar-refractivity contribution in [3.63, 3.8) is 0 Å². The summed E-state index contributed by atoms with van der Waals surface area (Å²) in [6.07, 6.45) is 2.30. The van der Waals surface area contributed by atoms with Crippen molar-refractivity contribution in [2.45, 2.75) is 49.7 Å². The molecule has 2 atom stereocenters. The van der Waals surface area contributed by atoms with Gasteiger partial charge in [0.1, 0.15) is 0 Å². The summed E-state index contributed by atoms with van der Waals surface area (Å²) in [7, 11) is 0. The van der Waals surface area contributed by atoms with Crippen molar-refractivity contribution >= 4 is 11.9 Å². The first-order chi connectivity index (χ1) is 13.3. The fourth-order valence-electron chi connectivity index (χ4n) is 3.29. The van der Waals surface area contributed by atoms with Gasteiger partial charge in [0.2, 0.25) is 0 Å². The fourth-order valence-corrected chi connectivity index (χ4v) is 3.29. The van der Waals surface area contributed by atoms with Crippen molar-refractivity contribution in [2.75, 3.05) is 0 Å². The van der Waals surface area contributed by atoms with Crippen LogP contribution in [-0.2, 0) is 20.8 Å². The predicted octanol–water partition coefficient (Wildman–Crippen LogP) is 3.27. The highest BCUT2D eigenvalue weighted by Gasteiger charge is 2.38. The Morgan fingerprint density at radius 2 is 0.929 bits per heavy atom. The molecule has 0 saturated heterocycles. The third kappa shape index (κ3) is 4.97. The topological polar surface area (TPSA) is 115 Å². The molecular weight excluding hydrogens is 360 g/mol. The smallest absolute Gasteiger partial charge is 0.340 e. The Kier molecular flexibility index (Phi) is 7.31. The Balaban J connectivity index is 1.86. The molecular formula is C22H26O6. The van der Waals surface area contributed by atoms with Gasteiger partial charge in [-0.05, 0) is 36.8 Å². The second-order valence-electron chi connectivity index (χ2n) is 6.98. The first kappa shape index (κ1) is 21.6. The van der Waals surface area contributed by atoms with E-state index in [-0.39, 0.29) is 12.8 Å². The van der Waals surface area contributed by atoms with E-state index in [1.807, 2.05) is 0 Å². The number of rotatable bonds is 11. The second-order valence-corrected chi connectivity index (χ2v) is 6.98. The van der Waals surface area contributed by atoms with Crippen molar-refractivity contribution in [1.29, 1.82) is 0 Å². The van der Waals surface area contributed by atoms with E-state index in [1.54, 1.807) is 60.7 Å². The zero-order valence-corrected chi connectivity index (χ0v) is 15.6. The summed E-state index contributed by atoms with van der Waals surface area (Å²) in [5, 5.41) is 40.0. The maximum Gasteiger partial charge on any atom is 0.340 e. The van der Waals surface area contributed by atoms with Crippen LogP contribution >= 0.6 is 0 Å². The molecule has 0 bridgehead atoms. The largest absolute Gasteiger partial charge is 0.479 e. The zero-order chi connectivity index (χ0) is 20.6. The van der Waals surface area contributed by atoms with Gasteiger partial charge in [-0.2, -0.15) is 0 Å². The van der Waals surface area contributed by atoms with Crippen LogP contribution in [0.1, 0.15) is 49.7 Å². The Hall–Kier alpha value is -2.70. The first-order valence-electron chi connectivity index (χ1n) is 9.33. The van der Waals surface area contributed by atoms with E-state index in [0.717, 1.165) is 0 Å². The molecule has 0 spiro atoms. The van der Waals surface area contributed by atoms with Gasteiger partial charge >= 0.3 is 11.9 Å². The number of carboxylic acids is 2. The van der Waals surface area contributed by atoms with E-state index >= 15 is 0 Å². The number of hydrogen-bond donors (Lipinski definition) is 4. The van der Waals surface area contributed by atoms with Gasteiger partial charge in [-0.15, -0.1) is 0 Å².